The second kappa shape index (κ2) is 4.16. The fraction of sp³-hybridized carbons (Fsp3) is 0.273. The van der Waals surface area contributed by atoms with E-state index in [-0.39, 0.29) is 0 Å². The van der Waals surface area contributed by atoms with E-state index in [1.54, 1.807) is 11.8 Å². The molecule has 0 spiro atoms. The zero-order valence-corrected chi connectivity index (χ0v) is 9.94. The minimum atomic E-state index is 1.13. The monoisotopic (exact) mass is 210 g/mol. The summed E-state index contributed by atoms with van der Waals surface area (Å²) in [5.41, 5.74) is 2.41. The molecule has 1 rings (SSSR count). The molecule has 70 valence electrons. The lowest BCUT2D eigenvalue weighted by molar-refractivity contribution is 1.52. The fourth-order valence-corrected chi connectivity index (χ4v) is 3.48. The minimum absolute atomic E-state index is 1.13. The van der Waals surface area contributed by atoms with Crippen molar-refractivity contribution in [2.24, 2.45) is 0 Å². The minimum Gasteiger partial charge on any atom is -0.133 e. The maximum Gasteiger partial charge on any atom is 0.0720 e. The van der Waals surface area contributed by atoms with Gasteiger partial charge in [-0.15, -0.1) is 11.3 Å². The van der Waals surface area contributed by atoms with Gasteiger partial charge in [0.25, 0.3) is 0 Å². The van der Waals surface area contributed by atoms with Crippen molar-refractivity contribution < 1.29 is 0 Å². The van der Waals surface area contributed by atoms with E-state index in [4.69, 9.17) is 0 Å². The maximum absolute atomic E-state index is 3.97. The molecule has 1 aromatic heterocycles. The summed E-state index contributed by atoms with van der Waals surface area (Å²) in [6, 6.07) is 2.19. The van der Waals surface area contributed by atoms with Gasteiger partial charge in [-0.1, -0.05) is 24.9 Å². The molecule has 13 heavy (non-hydrogen) atoms. The first-order valence-electron chi connectivity index (χ1n) is 4.10. The molecule has 0 aliphatic carbocycles. The average molecular weight is 210 g/mol. The number of thioether (sulfide) groups is 1. The van der Waals surface area contributed by atoms with Gasteiger partial charge in [0.1, 0.15) is 0 Å². The van der Waals surface area contributed by atoms with Crippen molar-refractivity contribution in [1.82, 2.24) is 0 Å². The Hall–Kier alpha value is -0.470. The number of hydrogen-bond donors (Lipinski definition) is 0. The summed E-state index contributed by atoms with van der Waals surface area (Å²) in [5, 5.41) is 0. The van der Waals surface area contributed by atoms with E-state index in [0.29, 0.717) is 0 Å². The van der Waals surface area contributed by atoms with Crippen LogP contribution in [0.15, 0.2) is 28.3 Å². The topological polar surface area (TPSA) is 0 Å². The number of thiophene rings is 1. The SMILES string of the molecule is C=C(C)Sc1sc(C)cc1C(=C)C. The lowest BCUT2D eigenvalue weighted by Gasteiger charge is -2.00. The second-order valence-corrected chi connectivity index (χ2v) is 5.97. The fourth-order valence-electron chi connectivity index (χ4n) is 1.02. The summed E-state index contributed by atoms with van der Waals surface area (Å²) in [5.74, 6) is 0. The van der Waals surface area contributed by atoms with Crippen molar-refractivity contribution in [3.63, 3.8) is 0 Å². The number of aryl methyl sites for hydroxylation is 1. The van der Waals surface area contributed by atoms with Crippen molar-refractivity contribution in [2.45, 2.75) is 25.0 Å². The molecule has 0 nitrogen and oxygen atoms in total. The molecule has 1 heterocycles. The van der Waals surface area contributed by atoms with Crippen molar-refractivity contribution in [2.75, 3.05) is 0 Å². The van der Waals surface area contributed by atoms with Gasteiger partial charge < -0.3 is 0 Å². The van der Waals surface area contributed by atoms with Crippen LogP contribution in [0.2, 0.25) is 0 Å². The van der Waals surface area contributed by atoms with Gasteiger partial charge in [0.2, 0.25) is 0 Å². The van der Waals surface area contributed by atoms with Crippen molar-refractivity contribution in [3.05, 3.63) is 34.6 Å². The third-order valence-electron chi connectivity index (χ3n) is 1.55. The lowest BCUT2D eigenvalue weighted by atomic mass is 10.2. The molecule has 0 fully saturated rings. The van der Waals surface area contributed by atoms with Crippen LogP contribution in [0.5, 0.6) is 0 Å². The molecule has 0 radical (unpaired) electrons. The van der Waals surface area contributed by atoms with E-state index in [9.17, 15) is 0 Å². The summed E-state index contributed by atoms with van der Waals surface area (Å²) in [6.45, 7) is 14.1. The number of rotatable bonds is 3. The zero-order valence-electron chi connectivity index (χ0n) is 8.31. The summed E-state index contributed by atoms with van der Waals surface area (Å²) in [4.78, 5) is 2.46. The van der Waals surface area contributed by atoms with Crippen LogP contribution in [-0.4, -0.2) is 0 Å². The highest BCUT2D eigenvalue weighted by molar-refractivity contribution is 8.04. The van der Waals surface area contributed by atoms with E-state index in [1.165, 1.54) is 14.6 Å². The van der Waals surface area contributed by atoms with E-state index in [2.05, 4.69) is 26.1 Å². The molecular weight excluding hydrogens is 196 g/mol. The Labute approximate surface area is 88.4 Å². The third-order valence-corrected chi connectivity index (χ3v) is 3.65. The summed E-state index contributed by atoms with van der Waals surface area (Å²) >= 11 is 3.55. The lowest BCUT2D eigenvalue weighted by Crippen LogP contribution is -1.74. The Morgan fingerprint density at radius 3 is 2.46 bits per heavy atom. The van der Waals surface area contributed by atoms with Crippen molar-refractivity contribution in [1.29, 1.82) is 0 Å². The molecule has 1 aromatic rings. The molecule has 0 bridgehead atoms. The van der Waals surface area contributed by atoms with Gasteiger partial charge in [0.15, 0.2) is 0 Å². The molecule has 0 N–H and O–H groups in total. The Balaban J connectivity index is 3.04. The van der Waals surface area contributed by atoms with Gasteiger partial charge in [-0.05, 0) is 37.3 Å². The molecule has 0 unspecified atom stereocenters. The van der Waals surface area contributed by atoms with Gasteiger partial charge in [-0.25, -0.2) is 0 Å². The standard InChI is InChI=1S/C11H14S2/c1-7(2)10-6-9(5)13-11(10)12-8(3)4/h6H,1,3H2,2,4-5H3. The number of allylic oxidation sites excluding steroid dienone is 2. The Morgan fingerprint density at radius 1 is 1.38 bits per heavy atom. The van der Waals surface area contributed by atoms with Crippen LogP contribution in [0, 0.1) is 6.92 Å². The molecule has 0 atom stereocenters. The van der Waals surface area contributed by atoms with Gasteiger partial charge in [-0.3, -0.25) is 0 Å². The average Bonchev–Trinajstić information content (AvgIpc) is 2.29. The smallest absolute Gasteiger partial charge is 0.0720 e. The third kappa shape index (κ3) is 2.75. The molecule has 0 aromatic carbocycles. The Morgan fingerprint density at radius 2 is 2.00 bits per heavy atom. The largest absolute Gasteiger partial charge is 0.133 e. The predicted molar refractivity (Wildman–Crippen MR) is 64.4 cm³/mol. The van der Waals surface area contributed by atoms with Gasteiger partial charge >= 0.3 is 0 Å². The predicted octanol–water partition coefficient (Wildman–Crippen LogP) is 4.72. The Kier molecular flexibility index (Phi) is 3.40. The molecule has 0 aliphatic rings. The summed E-state index contributed by atoms with van der Waals surface area (Å²) in [6.07, 6.45) is 0. The van der Waals surface area contributed by atoms with E-state index < -0.39 is 0 Å². The first-order chi connectivity index (χ1) is 6.00. The summed E-state index contributed by atoms with van der Waals surface area (Å²) < 4.78 is 1.32. The summed E-state index contributed by atoms with van der Waals surface area (Å²) in [7, 11) is 0. The normalized spacial score (nSPS) is 10.1. The Bertz CT molecular complexity index is 345. The van der Waals surface area contributed by atoms with Crippen LogP contribution in [-0.2, 0) is 0 Å². The van der Waals surface area contributed by atoms with Crippen molar-refractivity contribution >= 4 is 28.7 Å². The van der Waals surface area contributed by atoms with Crippen LogP contribution >= 0.6 is 23.1 Å². The molecule has 0 amide bonds. The van der Waals surface area contributed by atoms with Gasteiger partial charge in [0.05, 0.1) is 4.21 Å². The van der Waals surface area contributed by atoms with Gasteiger partial charge in [0, 0.05) is 10.4 Å². The van der Waals surface area contributed by atoms with Crippen LogP contribution in [0.25, 0.3) is 5.57 Å². The molecule has 0 saturated carbocycles. The highest BCUT2D eigenvalue weighted by Crippen LogP contribution is 2.38. The quantitative estimate of drug-likeness (QED) is 0.651. The number of hydrogen-bond acceptors (Lipinski definition) is 2. The molecule has 2 heteroatoms. The van der Waals surface area contributed by atoms with Crippen LogP contribution in [0.1, 0.15) is 24.3 Å². The first-order valence-corrected chi connectivity index (χ1v) is 5.73. The van der Waals surface area contributed by atoms with Crippen LogP contribution < -0.4 is 0 Å². The highest BCUT2D eigenvalue weighted by Gasteiger charge is 2.07. The second-order valence-electron chi connectivity index (χ2n) is 3.14. The van der Waals surface area contributed by atoms with Crippen LogP contribution in [0.3, 0.4) is 0 Å². The van der Waals surface area contributed by atoms with Gasteiger partial charge in [-0.2, -0.15) is 0 Å². The van der Waals surface area contributed by atoms with Crippen molar-refractivity contribution in [3.8, 4) is 0 Å². The molecule has 0 aliphatic heterocycles. The highest BCUT2D eigenvalue weighted by atomic mass is 32.2. The zero-order chi connectivity index (χ0) is 10.0. The van der Waals surface area contributed by atoms with E-state index in [0.717, 1.165) is 10.5 Å². The molecular formula is C11H14S2. The van der Waals surface area contributed by atoms with E-state index in [1.807, 2.05) is 25.2 Å². The van der Waals surface area contributed by atoms with Crippen LogP contribution in [0.4, 0.5) is 0 Å². The first kappa shape index (κ1) is 10.6. The maximum atomic E-state index is 3.97. The van der Waals surface area contributed by atoms with E-state index >= 15 is 0 Å². The molecule has 0 saturated heterocycles.